The van der Waals surface area contributed by atoms with Crippen LogP contribution in [0, 0.1) is 12.8 Å². The van der Waals surface area contributed by atoms with Crippen LogP contribution < -0.4 is 10.6 Å². The first kappa shape index (κ1) is 22.5. The minimum atomic E-state index is -0.0856. The molecule has 32 heavy (non-hydrogen) atoms. The summed E-state index contributed by atoms with van der Waals surface area (Å²) >= 11 is 0. The van der Waals surface area contributed by atoms with Crippen molar-refractivity contribution in [3.63, 3.8) is 0 Å². The number of hydrogen-bond acceptors (Lipinski definition) is 3. The summed E-state index contributed by atoms with van der Waals surface area (Å²) in [6.07, 6.45) is 7.56. The average molecular weight is 434 g/mol. The predicted molar refractivity (Wildman–Crippen MR) is 129 cm³/mol. The van der Waals surface area contributed by atoms with Crippen molar-refractivity contribution in [1.82, 2.24) is 10.2 Å². The van der Waals surface area contributed by atoms with E-state index in [9.17, 15) is 9.59 Å². The van der Waals surface area contributed by atoms with E-state index in [1.165, 1.54) is 30.4 Å². The molecule has 1 atom stereocenters. The van der Waals surface area contributed by atoms with Crippen LogP contribution in [0.15, 0.2) is 48.5 Å². The zero-order valence-electron chi connectivity index (χ0n) is 19.1. The zero-order valence-corrected chi connectivity index (χ0v) is 19.1. The molecular formula is C27H35N3O2. The van der Waals surface area contributed by atoms with Crippen molar-refractivity contribution in [2.75, 3.05) is 18.4 Å². The Morgan fingerprint density at radius 3 is 2.59 bits per heavy atom. The molecule has 2 amide bonds. The van der Waals surface area contributed by atoms with E-state index < -0.39 is 0 Å². The number of nitrogens with one attached hydrogen (secondary N) is 2. The number of anilines is 1. The van der Waals surface area contributed by atoms with Gasteiger partial charge in [0.2, 0.25) is 5.91 Å². The van der Waals surface area contributed by atoms with E-state index in [4.69, 9.17) is 0 Å². The van der Waals surface area contributed by atoms with Gasteiger partial charge in [0.25, 0.3) is 5.91 Å². The molecule has 2 aliphatic rings. The number of likely N-dealkylation sites (tertiary alicyclic amines) is 1. The van der Waals surface area contributed by atoms with Crippen molar-refractivity contribution in [2.45, 2.75) is 64.5 Å². The summed E-state index contributed by atoms with van der Waals surface area (Å²) in [5.74, 6) is -0.141. The molecule has 2 N–H and O–H groups in total. The Hall–Kier alpha value is -2.66. The minimum Gasteiger partial charge on any atom is -0.349 e. The predicted octanol–water partition coefficient (Wildman–Crippen LogP) is 4.91. The van der Waals surface area contributed by atoms with E-state index in [1.54, 1.807) is 6.07 Å². The minimum absolute atomic E-state index is 0.0110. The second-order valence-electron chi connectivity index (χ2n) is 9.41. The molecule has 2 fully saturated rings. The van der Waals surface area contributed by atoms with Crippen LogP contribution in [-0.4, -0.2) is 35.8 Å². The van der Waals surface area contributed by atoms with Gasteiger partial charge < -0.3 is 10.6 Å². The number of piperidine rings is 1. The highest BCUT2D eigenvalue weighted by Crippen LogP contribution is 2.23. The van der Waals surface area contributed by atoms with E-state index in [2.05, 4.69) is 46.7 Å². The lowest BCUT2D eigenvalue weighted by Crippen LogP contribution is -2.40. The molecule has 0 aromatic heterocycles. The normalized spacial score (nSPS) is 20.0. The van der Waals surface area contributed by atoms with Gasteiger partial charge in [-0.1, -0.05) is 61.2 Å². The lowest BCUT2D eigenvalue weighted by Gasteiger charge is -2.32. The molecule has 0 bridgehead atoms. The van der Waals surface area contributed by atoms with Gasteiger partial charge in [-0.3, -0.25) is 14.5 Å². The second kappa shape index (κ2) is 10.8. The molecule has 1 aliphatic heterocycles. The van der Waals surface area contributed by atoms with Crippen molar-refractivity contribution in [2.24, 2.45) is 5.92 Å². The summed E-state index contributed by atoms with van der Waals surface area (Å²) in [5, 5.41) is 6.23. The summed E-state index contributed by atoms with van der Waals surface area (Å²) in [5.41, 5.74) is 3.72. The molecule has 0 radical (unpaired) electrons. The molecule has 1 aliphatic carbocycles. The third-order valence-electron chi connectivity index (χ3n) is 6.73. The van der Waals surface area contributed by atoms with Crippen LogP contribution in [0.1, 0.15) is 66.4 Å². The van der Waals surface area contributed by atoms with Crippen molar-refractivity contribution in [1.29, 1.82) is 0 Å². The van der Waals surface area contributed by atoms with Gasteiger partial charge >= 0.3 is 0 Å². The fraction of sp³-hybridized carbons (Fsp3) is 0.481. The molecule has 2 aromatic carbocycles. The molecule has 170 valence electrons. The van der Waals surface area contributed by atoms with E-state index in [-0.39, 0.29) is 23.8 Å². The third kappa shape index (κ3) is 5.98. The topological polar surface area (TPSA) is 61.4 Å². The molecule has 1 saturated carbocycles. The highest BCUT2D eigenvalue weighted by molar-refractivity contribution is 6.04. The number of hydrogen-bond donors (Lipinski definition) is 2. The van der Waals surface area contributed by atoms with Gasteiger partial charge in [-0.25, -0.2) is 0 Å². The Labute approximate surface area is 191 Å². The monoisotopic (exact) mass is 433 g/mol. The number of benzene rings is 2. The van der Waals surface area contributed by atoms with Crippen molar-refractivity contribution >= 4 is 17.5 Å². The van der Waals surface area contributed by atoms with E-state index >= 15 is 0 Å². The first-order valence-electron chi connectivity index (χ1n) is 12.1. The van der Waals surface area contributed by atoms with E-state index in [0.29, 0.717) is 11.3 Å². The lowest BCUT2D eigenvalue weighted by atomic mass is 9.95. The Balaban J connectivity index is 1.37. The number of aryl methyl sites for hydroxylation is 1. The van der Waals surface area contributed by atoms with Crippen LogP contribution in [0.25, 0.3) is 0 Å². The molecule has 1 unspecified atom stereocenters. The fourth-order valence-electron chi connectivity index (χ4n) is 5.02. The third-order valence-corrected chi connectivity index (χ3v) is 6.73. The first-order valence-corrected chi connectivity index (χ1v) is 12.1. The number of carbonyl (C=O) groups excluding carboxylic acids is 2. The summed E-state index contributed by atoms with van der Waals surface area (Å²) in [7, 11) is 0. The van der Waals surface area contributed by atoms with Crippen LogP contribution in [0.2, 0.25) is 0 Å². The van der Waals surface area contributed by atoms with Crippen LogP contribution >= 0.6 is 0 Å². The number of carbonyl (C=O) groups is 2. The molecule has 1 heterocycles. The molecule has 0 spiro atoms. The summed E-state index contributed by atoms with van der Waals surface area (Å²) in [6, 6.07) is 16.2. The highest BCUT2D eigenvalue weighted by Gasteiger charge is 2.27. The molecule has 1 saturated heterocycles. The van der Waals surface area contributed by atoms with Crippen molar-refractivity contribution < 1.29 is 9.59 Å². The summed E-state index contributed by atoms with van der Waals surface area (Å²) in [4.78, 5) is 28.4. The average Bonchev–Trinajstić information content (AvgIpc) is 2.80. The first-order chi connectivity index (χ1) is 15.6. The van der Waals surface area contributed by atoms with Gasteiger partial charge in [0.1, 0.15) is 0 Å². The highest BCUT2D eigenvalue weighted by atomic mass is 16.2. The van der Waals surface area contributed by atoms with Gasteiger partial charge in [-0.05, 0) is 56.8 Å². The maximum Gasteiger partial charge on any atom is 0.253 e. The Kier molecular flexibility index (Phi) is 7.59. The van der Waals surface area contributed by atoms with Gasteiger partial charge in [0.05, 0.1) is 17.2 Å². The van der Waals surface area contributed by atoms with E-state index in [0.717, 1.165) is 45.3 Å². The van der Waals surface area contributed by atoms with Gasteiger partial charge in [0, 0.05) is 19.1 Å². The Morgan fingerprint density at radius 2 is 1.78 bits per heavy atom. The van der Waals surface area contributed by atoms with Crippen LogP contribution in [0.4, 0.5) is 5.69 Å². The molecule has 5 heteroatoms. The second-order valence-corrected chi connectivity index (χ2v) is 9.41. The molecule has 2 aromatic rings. The van der Waals surface area contributed by atoms with Gasteiger partial charge in [-0.2, -0.15) is 0 Å². The lowest BCUT2D eigenvalue weighted by molar-refractivity contribution is -0.121. The summed E-state index contributed by atoms with van der Waals surface area (Å²) < 4.78 is 0. The van der Waals surface area contributed by atoms with Crippen LogP contribution in [-0.2, 0) is 11.3 Å². The molecular weight excluding hydrogens is 398 g/mol. The SMILES string of the molecule is Cc1cccc(CN2CCCC(C(=O)Nc3ccccc3C(=O)NC3CCCCC3)C2)c1. The van der Waals surface area contributed by atoms with Crippen LogP contribution in [0.3, 0.4) is 0 Å². The smallest absolute Gasteiger partial charge is 0.253 e. The zero-order chi connectivity index (χ0) is 22.3. The largest absolute Gasteiger partial charge is 0.349 e. The molecule has 4 rings (SSSR count). The van der Waals surface area contributed by atoms with E-state index in [1.807, 2.05) is 18.2 Å². The quantitative estimate of drug-likeness (QED) is 0.681. The number of para-hydroxylation sites is 1. The van der Waals surface area contributed by atoms with Gasteiger partial charge in [0.15, 0.2) is 0 Å². The maximum atomic E-state index is 13.1. The molecule has 5 nitrogen and oxygen atoms in total. The van der Waals surface area contributed by atoms with Crippen molar-refractivity contribution in [3.8, 4) is 0 Å². The maximum absolute atomic E-state index is 13.1. The fourth-order valence-corrected chi connectivity index (χ4v) is 5.02. The summed E-state index contributed by atoms with van der Waals surface area (Å²) in [6.45, 7) is 4.73. The number of amides is 2. The number of nitrogens with zero attached hydrogens (tertiary/aromatic N) is 1. The van der Waals surface area contributed by atoms with Crippen LogP contribution in [0.5, 0.6) is 0 Å². The van der Waals surface area contributed by atoms with Gasteiger partial charge in [-0.15, -0.1) is 0 Å². The van der Waals surface area contributed by atoms with Crippen molar-refractivity contribution in [3.05, 3.63) is 65.2 Å². The Bertz CT molecular complexity index is 936. The Morgan fingerprint density at radius 1 is 0.969 bits per heavy atom. The number of rotatable bonds is 6. The standard InChI is InChI=1S/C27H35N3O2/c1-20-9-7-10-21(17-20)18-30-16-8-11-22(19-30)26(31)29-25-15-6-5-14-24(25)27(32)28-23-12-3-2-4-13-23/h5-7,9-10,14-15,17,22-23H,2-4,8,11-13,16,18-19H2,1H3,(H,28,32)(H,29,31).